The highest BCUT2D eigenvalue weighted by atomic mass is 16.5. The van der Waals surface area contributed by atoms with Gasteiger partial charge in [0.1, 0.15) is 23.6 Å². The van der Waals surface area contributed by atoms with Crippen molar-refractivity contribution in [3.63, 3.8) is 0 Å². The molecule has 0 spiro atoms. The smallest absolute Gasteiger partial charge is 0.119 e. The number of benzene rings is 4. The lowest BCUT2D eigenvalue weighted by Gasteiger charge is -2.15. The first-order valence-electron chi connectivity index (χ1n) is 19.2. The minimum atomic E-state index is 0.399. The minimum Gasteiger partial charge on any atom is -0.494 e. The van der Waals surface area contributed by atoms with Gasteiger partial charge in [0.05, 0.1) is 24.3 Å². The molecule has 4 rings (SSSR count). The first-order valence-corrected chi connectivity index (χ1v) is 19.2. The molecule has 4 aromatic carbocycles. The lowest BCUT2D eigenvalue weighted by molar-refractivity contribution is 0.304. The number of unbranched alkanes of at least 4 members (excludes halogenated alkanes) is 18. The van der Waals surface area contributed by atoms with Crippen LogP contribution in [0.1, 0.15) is 153 Å². The van der Waals surface area contributed by atoms with Crippen LogP contribution < -0.4 is 9.47 Å². The van der Waals surface area contributed by atoms with Crippen LogP contribution in [0.5, 0.6) is 11.5 Å². The molecule has 256 valence electrons. The third-order valence-electron chi connectivity index (χ3n) is 9.78. The van der Waals surface area contributed by atoms with Crippen molar-refractivity contribution in [2.24, 2.45) is 0 Å². The number of ether oxygens (including phenoxy) is 2. The van der Waals surface area contributed by atoms with Crippen molar-refractivity contribution in [1.82, 2.24) is 0 Å². The number of nitriles is 2. The standard InChI is InChI=1S/C44H58N2O2/c1-3-5-7-9-11-13-15-17-19-21-27-47-37-23-25-39-40-26-24-38(48-28-22-20-18-16-14-12-10-8-6-4-2)32-44(40)42-30-36(34-46)35(33-45)29-41(42)43(39)31-37/h23-26,29-32H,3-22,27-28H2,1-2H3. The molecule has 0 aliphatic heterocycles. The van der Waals surface area contributed by atoms with E-state index < -0.39 is 0 Å². The molecule has 0 fully saturated rings. The number of rotatable bonds is 24. The molecule has 4 aromatic rings. The molecule has 0 radical (unpaired) electrons. The second kappa shape index (κ2) is 21.3. The number of hydrogen-bond donors (Lipinski definition) is 0. The summed E-state index contributed by atoms with van der Waals surface area (Å²) >= 11 is 0. The fourth-order valence-electron chi connectivity index (χ4n) is 6.93. The van der Waals surface area contributed by atoms with E-state index in [4.69, 9.17) is 9.47 Å². The highest BCUT2D eigenvalue weighted by Gasteiger charge is 2.14. The summed E-state index contributed by atoms with van der Waals surface area (Å²) in [6, 6.07) is 20.8. The molecular formula is C44H58N2O2. The van der Waals surface area contributed by atoms with Crippen LogP contribution in [0.2, 0.25) is 0 Å². The highest BCUT2D eigenvalue weighted by molar-refractivity contribution is 6.26. The van der Waals surface area contributed by atoms with Crippen LogP contribution in [0.25, 0.3) is 32.3 Å². The lowest BCUT2D eigenvalue weighted by atomic mass is 9.91. The molecule has 4 heteroatoms. The highest BCUT2D eigenvalue weighted by Crippen LogP contribution is 2.39. The van der Waals surface area contributed by atoms with E-state index in [2.05, 4.69) is 62.4 Å². The topological polar surface area (TPSA) is 66.0 Å². The van der Waals surface area contributed by atoms with Crippen LogP contribution in [-0.2, 0) is 0 Å². The Labute approximate surface area is 290 Å². The van der Waals surface area contributed by atoms with Gasteiger partial charge in [0.15, 0.2) is 0 Å². The quantitative estimate of drug-likeness (QED) is 0.0561. The zero-order chi connectivity index (χ0) is 33.8. The molecule has 0 heterocycles. The summed E-state index contributed by atoms with van der Waals surface area (Å²) in [7, 11) is 0. The first kappa shape index (κ1) is 37.1. The Balaban J connectivity index is 1.39. The van der Waals surface area contributed by atoms with E-state index in [1.54, 1.807) is 0 Å². The molecule has 0 aliphatic carbocycles. The van der Waals surface area contributed by atoms with Crippen molar-refractivity contribution in [3.05, 3.63) is 59.7 Å². The Morgan fingerprint density at radius 1 is 0.396 bits per heavy atom. The summed E-state index contributed by atoms with van der Waals surface area (Å²) in [5, 5.41) is 25.9. The van der Waals surface area contributed by atoms with E-state index >= 15 is 0 Å². The molecule has 0 bridgehead atoms. The average Bonchev–Trinajstić information content (AvgIpc) is 3.12. The molecule has 0 N–H and O–H groups in total. The van der Waals surface area contributed by atoms with E-state index in [0.29, 0.717) is 24.3 Å². The monoisotopic (exact) mass is 646 g/mol. The predicted molar refractivity (Wildman–Crippen MR) is 203 cm³/mol. The lowest BCUT2D eigenvalue weighted by Crippen LogP contribution is -1.98. The molecule has 48 heavy (non-hydrogen) atoms. The van der Waals surface area contributed by atoms with Gasteiger partial charge < -0.3 is 9.47 Å². The van der Waals surface area contributed by atoms with Crippen molar-refractivity contribution in [3.8, 4) is 23.6 Å². The van der Waals surface area contributed by atoms with Gasteiger partial charge in [-0.15, -0.1) is 0 Å². The maximum Gasteiger partial charge on any atom is 0.119 e. The molecule has 0 atom stereocenters. The van der Waals surface area contributed by atoms with Crippen molar-refractivity contribution < 1.29 is 9.47 Å². The van der Waals surface area contributed by atoms with Crippen LogP contribution >= 0.6 is 0 Å². The third kappa shape index (κ3) is 11.2. The van der Waals surface area contributed by atoms with E-state index in [1.165, 1.54) is 116 Å². The van der Waals surface area contributed by atoms with Gasteiger partial charge in [-0.2, -0.15) is 10.5 Å². The van der Waals surface area contributed by atoms with Crippen LogP contribution in [0.15, 0.2) is 48.5 Å². The summed E-state index contributed by atoms with van der Waals surface area (Å²) in [6.45, 7) is 5.95. The summed E-state index contributed by atoms with van der Waals surface area (Å²) in [5.41, 5.74) is 0.798. The zero-order valence-corrected chi connectivity index (χ0v) is 29.9. The van der Waals surface area contributed by atoms with E-state index in [1.807, 2.05) is 12.1 Å². The SMILES string of the molecule is CCCCCCCCCCCCOc1ccc2c3ccc(OCCCCCCCCCCCC)cc3c3cc(C#N)c(C#N)cc3c2c1. The third-order valence-corrected chi connectivity index (χ3v) is 9.78. The summed E-state index contributed by atoms with van der Waals surface area (Å²) < 4.78 is 12.5. The van der Waals surface area contributed by atoms with Crippen LogP contribution in [0, 0.1) is 22.7 Å². The summed E-state index contributed by atoms with van der Waals surface area (Å²) in [6.07, 6.45) is 26.0. The number of hydrogen-bond acceptors (Lipinski definition) is 4. The molecule has 4 nitrogen and oxygen atoms in total. The summed E-state index contributed by atoms with van der Waals surface area (Å²) in [5.74, 6) is 1.69. The molecule has 0 aliphatic rings. The molecule has 0 unspecified atom stereocenters. The molecule has 0 aromatic heterocycles. The van der Waals surface area contributed by atoms with Gasteiger partial charge in [0, 0.05) is 0 Å². The van der Waals surface area contributed by atoms with Gasteiger partial charge >= 0.3 is 0 Å². The second-order valence-corrected chi connectivity index (χ2v) is 13.6. The first-order chi connectivity index (χ1) is 23.7. The van der Waals surface area contributed by atoms with E-state index in [-0.39, 0.29) is 0 Å². The molecule has 0 amide bonds. The Morgan fingerprint density at radius 2 is 0.708 bits per heavy atom. The van der Waals surface area contributed by atoms with Gasteiger partial charge in [0.25, 0.3) is 0 Å². The van der Waals surface area contributed by atoms with Crippen molar-refractivity contribution in [2.45, 2.75) is 142 Å². The van der Waals surface area contributed by atoms with Gasteiger partial charge in [-0.3, -0.25) is 0 Å². The maximum absolute atomic E-state index is 9.85. The Morgan fingerprint density at radius 3 is 1.04 bits per heavy atom. The Kier molecular flexibility index (Phi) is 16.4. The Hall–Kier alpha value is -3.76. The van der Waals surface area contributed by atoms with Gasteiger partial charge in [-0.05, 0) is 81.6 Å². The predicted octanol–water partition coefficient (Wildman–Crippen LogP) is 13.5. The minimum absolute atomic E-state index is 0.399. The van der Waals surface area contributed by atoms with Gasteiger partial charge in [0.2, 0.25) is 0 Å². The maximum atomic E-state index is 9.85. The zero-order valence-electron chi connectivity index (χ0n) is 29.9. The average molecular weight is 647 g/mol. The fraction of sp³-hybridized carbons (Fsp3) is 0.545. The fourth-order valence-corrected chi connectivity index (χ4v) is 6.93. The largest absolute Gasteiger partial charge is 0.494 e. The van der Waals surface area contributed by atoms with E-state index in [9.17, 15) is 10.5 Å². The molecular weight excluding hydrogens is 588 g/mol. The van der Waals surface area contributed by atoms with Crippen LogP contribution in [0.4, 0.5) is 0 Å². The number of nitrogens with zero attached hydrogens (tertiary/aromatic N) is 2. The molecule has 0 saturated carbocycles. The normalized spacial score (nSPS) is 11.2. The van der Waals surface area contributed by atoms with Crippen LogP contribution in [0.3, 0.4) is 0 Å². The van der Waals surface area contributed by atoms with Gasteiger partial charge in [-0.1, -0.05) is 142 Å². The van der Waals surface area contributed by atoms with Crippen LogP contribution in [-0.4, -0.2) is 13.2 Å². The summed E-state index contributed by atoms with van der Waals surface area (Å²) in [4.78, 5) is 0. The molecule has 0 saturated heterocycles. The Bertz CT molecular complexity index is 1520. The van der Waals surface area contributed by atoms with E-state index in [0.717, 1.165) is 56.7 Å². The number of fused-ring (bicyclic) bond motifs is 6. The second-order valence-electron chi connectivity index (χ2n) is 13.6. The van der Waals surface area contributed by atoms with Crippen molar-refractivity contribution in [2.75, 3.05) is 13.2 Å². The van der Waals surface area contributed by atoms with Gasteiger partial charge in [-0.25, -0.2) is 0 Å². The van der Waals surface area contributed by atoms with Crippen molar-refractivity contribution >= 4 is 32.3 Å². The van der Waals surface area contributed by atoms with Crippen molar-refractivity contribution in [1.29, 1.82) is 10.5 Å².